The van der Waals surface area contributed by atoms with Crippen molar-refractivity contribution >= 4 is 11.8 Å². The number of hydrogen-bond acceptors (Lipinski definition) is 4. The highest BCUT2D eigenvalue weighted by Crippen LogP contribution is 2.16. The van der Waals surface area contributed by atoms with Crippen LogP contribution < -0.4 is 5.73 Å². The van der Waals surface area contributed by atoms with Crippen LogP contribution in [0.3, 0.4) is 0 Å². The van der Waals surface area contributed by atoms with Crippen molar-refractivity contribution in [2.45, 2.75) is 39.0 Å². The summed E-state index contributed by atoms with van der Waals surface area (Å²) in [4.78, 5) is 16.1. The summed E-state index contributed by atoms with van der Waals surface area (Å²) in [6, 6.07) is 0. The molecule has 0 aliphatic heterocycles. The largest absolute Gasteiger partial charge is 0.434 e. The van der Waals surface area contributed by atoms with E-state index >= 15 is 0 Å². The predicted molar refractivity (Wildman–Crippen MR) is 57.5 cm³/mol. The molecule has 0 fully saturated rings. The van der Waals surface area contributed by atoms with Gasteiger partial charge in [-0.05, 0) is 16.3 Å². The van der Waals surface area contributed by atoms with Gasteiger partial charge in [0.1, 0.15) is 5.69 Å². The number of nitrogens with two attached hydrogens (primary N) is 1. The van der Waals surface area contributed by atoms with Crippen LogP contribution in [0.5, 0.6) is 0 Å². The summed E-state index contributed by atoms with van der Waals surface area (Å²) < 4.78 is 0. The highest BCUT2D eigenvalue weighted by atomic mass is 16.6. The minimum atomic E-state index is -0.564. The number of nitrogens with one attached hydrogen (secondary N) is 1. The fourth-order valence-electron chi connectivity index (χ4n) is 1.41. The molecule has 0 aliphatic rings. The molecule has 3 N–H and O–H groups in total. The van der Waals surface area contributed by atoms with E-state index in [-0.39, 0.29) is 11.8 Å². The molecule has 0 atom stereocenters. The van der Waals surface area contributed by atoms with Crippen molar-refractivity contribution in [2.75, 3.05) is 5.73 Å². The normalized spacial score (nSPS) is 10.5. The van der Waals surface area contributed by atoms with E-state index in [4.69, 9.17) is 5.73 Å². The van der Waals surface area contributed by atoms with Crippen molar-refractivity contribution in [1.82, 2.24) is 9.97 Å². The van der Waals surface area contributed by atoms with Gasteiger partial charge in [0, 0.05) is 6.42 Å². The van der Waals surface area contributed by atoms with Crippen LogP contribution in [0.25, 0.3) is 0 Å². The first-order valence-corrected chi connectivity index (χ1v) is 5.14. The number of rotatable bonds is 6. The first kappa shape index (κ1) is 11.5. The number of imidazole rings is 1. The third-order valence-corrected chi connectivity index (χ3v) is 2.25. The zero-order valence-electron chi connectivity index (χ0n) is 8.82. The van der Waals surface area contributed by atoms with E-state index in [9.17, 15) is 10.1 Å². The summed E-state index contributed by atoms with van der Waals surface area (Å²) >= 11 is 0. The number of aromatic nitrogens is 2. The van der Waals surface area contributed by atoms with Gasteiger partial charge in [-0.15, -0.1) is 0 Å². The van der Waals surface area contributed by atoms with E-state index in [0.29, 0.717) is 5.69 Å². The smallest absolute Gasteiger partial charge is 0.390 e. The Morgan fingerprint density at radius 2 is 2.20 bits per heavy atom. The highest BCUT2D eigenvalue weighted by molar-refractivity contribution is 5.39. The molecule has 0 aromatic carbocycles. The lowest BCUT2D eigenvalue weighted by Crippen LogP contribution is -1.93. The van der Waals surface area contributed by atoms with Gasteiger partial charge in [-0.25, -0.2) is 4.98 Å². The highest BCUT2D eigenvalue weighted by Gasteiger charge is 2.16. The molecule has 1 aromatic heterocycles. The third kappa shape index (κ3) is 3.23. The van der Waals surface area contributed by atoms with Crippen molar-refractivity contribution in [3.05, 3.63) is 15.8 Å². The number of hydrogen-bond donors (Lipinski definition) is 2. The fraction of sp³-hybridized carbons (Fsp3) is 0.667. The SMILES string of the molecule is CCCCCCc1[nH]c([N+](=O)[O-])nc1N. The van der Waals surface area contributed by atoms with E-state index in [1.807, 2.05) is 0 Å². The third-order valence-electron chi connectivity index (χ3n) is 2.25. The van der Waals surface area contributed by atoms with E-state index in [1.54, 1.807) is 0 Å². The maximum atomic E-state index is 10.4. The first-order chi connectivity index (χ1) is 7.15. The Kier molecular flexibility index (Phi) is 4.08. The summed E-state index contributed by atoms with van der Waals surface area (Å²) in [5, 5.41) is 10.4. The molecule has 0 aliphatic carbocycles. The molecule has 6 nitrogen and oxygen atoms in total. The zero-order valence-corrected chi connectivity index (χ0v) is 8.82. The number of anilines is 1. The average Bonchev–Trinajstić information content (AvgIpc) is 2.55. The lowest BCUT2D eigenvalue weighted by molar-refractivity contribution is -0.393. The zero-order chi connectivity index (χ0) is 11.3. The average molecular weight is 212 g/mol. The Bertz CT molecular complexity index is 335. The molecule has 15 heavy (non-hydrogen) atoms. The molecule has 0 unspecified atom stereocenters. The van der Waals surface area contributed by atoms with Gasteiger partial charge in [0.05, 0.1) is 0 Å². The molecule has 0 amide bonds. The summed E-state index contributed by atoms with van der Waals surface area (Å²) in [6.45, 7) is 2.13. The van der Waals surface area contributed by atoms with E-state index in [2.05, 4.69) is 16.9 Å². The van der Waals surface area contributed by atoms with Crippen LogP contribution in [0.1, 0.15) is 38.3 Å². The molecule has 0 saturated heterocycles. The van der Waals surface area contributed by atoms with Crippen LogP contribution in [0.4, 0.5) is 11.8 Å². The number of unbranched alkanes of at least 4 members (excludes halogenated alkanes) is 3. The number of nitrogen functional groups attached to an aromatic ring is 1. The maximum Gasteiger partial charge on any atom is 0.434 e. The molecular weight excluding hydrogens is 196 g/mol. The molecule has 1 aromatic rings. The summed E-state index contributed by atoms with van der Waals surface area (Å²) in [7, 11) is 0. The number of aromatic amines is 1. The predicted octanol–water partition coefficient (Wildman–Crippen LogP) is 2.02. The van der Waals surface area contributed by atoms with Crippen molar-refractivity contribution in [1.29, 1.82) is 0 Å². The summed E-state index contributed by atoms with van der Waals surface area (Å²) in [6.07, 6.45) is 5.17. The number of nitrogens with zero attached hydrogens (tertiary/aromatic N) is 2. The van der Waals surface area contributed by atoms with E-state index in [1.165, 1.54) is 12.8 Å². The van der Waals surface area contributed by atoms with Crippen LogP contribution in [0.2, 0.25) is 0 Å². The van der Waals surface area contributed by atoms with Crippen molar-refractivity contribution in [2.24, 2.45) is 0 Å². The second-order valence-corrected chi connectivity index (χ2v) is 3.49. The van der Waals surface area contributed by atoms with Gasteiger partial charge in [0.15, 0.2) is 0 Å². The summed E-state index contributed by atoms with van der Waals surface area (Å²) in [5.74, 6) is -0.0174. The topological polar surface area (TPSA) is 97.8 Å². The van der Waals surface area contributed by atoms with E-state index < -0.39 is 4.92 Å². The molecule has 1 heterocycles. The van der Waals surface area contributed by atoms with Gasteiger partial charge >= 0.3 is 5.95 Å². The molecule has 0 saturated carbocycles. The monoisotopic (exact) mass is 212 g/mol. The van der Waals surface area contributed by atoms with Crippen molar-refractivity contribution in [3.8, 4) is 0 Å². The van der Waals surface area contributed by atoms with Gasteiger partial charge in [0.2, 0.25) is 5.82 Å². The van der Waals surface area contributed by atoms with Gasteiger partial charge in [-0.2, -0.15) is 0 Å². The quantitative estimate of drug-likeness (QED) is 0.428. The minimum Gasteiger partial charge on any atom is -0.390 e. The minimum absolute atomic E-state index is 0.248. The van der Waals surface area contributed by atoms with Crippen LogP contribution in [0.15, 0.2) is 0 Å². The van der Waals surface area contributed by atoms with Gasteiger partial charge in [-0.3, -0.25) is 0 Å². The Labute approximate surface area is 88.0 Å². The molecule has 1 rings (SSSR count). The lowest BCUT2D eigenvalue weighted by atomic mass is 10.1. The number of H-pyrrole nitrogens is 1. The molecule has 84 valence electrons. The second-order valence-electron chi connectivity index (χ2n) is 3.49. The second kappa shape index (κ2) is 5.33. The number of aryl methyl sites for hydroxylation is 1. The maximum absolute atomic E-state index is 10.4. The Morgan fingerprint density at radius 3 is 2.73 bits per heavy atom. The van der Waals surface area contributed by atoms with E-state index in [0.717, 1.165) is 19.3 Å². The number of nitro groups is 1. The van der Waals surface area contributed by atoms with Crippen LogP contribution >= 0.6 is 0 Å². The van der Waals surface area contributed by atoms with Crippen LogP contribution in [-0.2, 0) is 6.42 Å². The Balaban J connectivity index is 2.50. The molecular formula is C9H16N4O2. The van der Waals surface area contributed by atoms with Gasteiger partial charge in [-0.1, -0.05) is 26.2 Å². The van der Waals surface area contributed by atoms with Gasteiger partial charge in [0.25, 0.3) is 0 Å². The van der Waals surface area contributed by atoms with Gasteiger partial charge < -0.3 is 15.8 Å². The van der Waals surface area contributed by atoms with Crippen LogP contribution in [0, 0.1) is 10.1 Å². The fourth-order valence-corrected chi connectivity index (χ4v) is 1.41. The molecule has 6 heteroatoms. The molecule has 0 spiro atoms. The van der Waals surface area contributed by atoms with Crippen molar-refractivity contribution in [3.63, 3.8) is 0 Å². The van der Waals surface area contributed by atoms with Crippen LogP contribution in [-0.4, -0.2) is 14.9 Å². The Morgan fingerprint density at radius 1 is 1.47 bits per heavy atom. The Hall–Kier alpha value is -1.59. The first-order valence-electron chi connectivity index (χ1n) is 5.14. The molecule has 0 bridgehead atoms. The lowest BCUT2D eigenvalue weighted by Gasteiger charge is -1.95. The standard InChI is InChI=1S/C9H16N4O2/c1-2-3-4-5-6-7-8(10)12-9(11-7)13(14)15/h2-6,10H2,1H3,(H,11,12). The van der Waals surface area contributed by atoms with Crippen molar-refractivity contribution < 1.29 is 4.92 Å². The molecule has 0 radical (unpaired) electrons. The summed E-state index contributed by atoms with van der Waals surface area (Å²) in [5.41, 5.74) is 6.23.